The second-order valence-electron chi connectivity index (χ2n) is 4.73. The first-order valence-electron chi connectivity index (χ1n) is 5.45. The van der Waals surface area contributed by atoms with Gasteiger partial charge in [-0.1, -0.05) is 18.2 Å². The van der Waals surface area contributed by atoms with Crippen molar-refractivity contribution in [2.75, 3.05) is 5.32 Å². The van der Waals surface area contributed by atoms with E-state index in [2.05, 4.69) is 16.1 Å². The third-order valence-electron chi connectivity index (χ3n) is 2.69. The van der Waals surface area contributed by atoms with Gasteiger partial charge in [0, 0.05) is 5.56 Å². The Hall–Kier alpha value is -1.58. The summed E-state index contributed by atoms with van der Waals surface area (Å²) in [5.41, 5.74) is 2.34. The van der Waals surface area contributed by atoms with Crippen molar-refractivity contribution < 1.29 is 13.5 Å². The molecule has 2 nitrogen and oxygen atoms in total. The lowest BCUT2D eigenvalue weighted by Gasteiger charge is -2.32. The van der Waals surface area contributed by atoms with Crippen LogP contribution in [0, 0.1) is 0 Å². The minimum absolute atomic E-state index is 0.193. The topological polar surface area (TPSA) is 21.3 Å². The Kier molecular flexibility index (Phi) is 2.81. The standard InChI is InChI=1S/C13H15F2NO/c1-8-7-13(2,3)16-11-9(8)5-4-6-10(11)17-12(14)15/h4-7,12,16H,1-3H3. The number of halogens is 2. The van der Waals surface area contributed by atoms with Crippen molar-refractivity contribution in [3.05, 3.63) is 29.8 Å². The molecule has 0 radical (unpaired) electrons. The molecular weight excluding hydrogens is 224 g/mol. The van der Waals surface area contributed by atoms with Gasteiger partial charge in [-0.15, -0.1) is 0 Å². The Balaban J connectivity index is 2.49. The lowest BCUT2D eigenvalue weighted by molar-refractivity contribution is -0.0494. The van der Waals surface area contributed by atoms with Gasteiger partial charge in [0.2, 0.25) is 0 Å². The van der Waals surface area contributed by atoms with Crippen LogP contribution < -0.4 is 10.1 Å². The number of ether oxygens (including phenoxy) is 1. The van der Waals surface area contributed by atoms with Gasteiger partial charge in [-0.05, 0) is 32.4 Å². The predicted molar refractivity (Wildman–Crippen MR) is 64.4 cm³/mol. The molecule has 0 fully saturated rings. The summed E-state index contributed by atoms with van der Waals surface area (Å²) >= 11 is 0. The lowest BCUT2D eigenvalue weighted by atomic mass is 9.91. The van der Waals surface area contributed by atoms with Crippen LogP contribution in [0.4, 0.5) is 14.5 Å². The van der Waals surface area contributed by atoms with Gasteiger partial charge in [0.05, 0.1) is 11.2 Å². The molecule has 1 aliphatic heterocycles. The highest BCUT2D eigenvalue weighted by molar-refractivity contribution is 5.83. The number of nitrogens with one attached hydrogen (secondary N) is 1. The Labute approximate surface area is 99.3 Å². The molecule has 1 aliphatic rings. The van der Waals surface area contributed by atoms with E-state index in [1.807, 2.05) is 26.8 Å². The van der Waals surface area contributed by atoms with Gasteiger partial charge in [-0.25, -0.2) is 0 Å². The molecule has 0 unspecified atom stereocenters. The lowest BCUT2D eigenvalue weighted by Crippen LogP contribution is -2.31. The van der Waals surface area contributed by atoms with Crippen molar-refractivity contribution in [1.82, 2.24) is 0 Å². The molecule has 17 heavy (non-hydrogen) atoms. The highest BCUT2D eigenvalue weighted by Gasteiger charge is 2.25. The monoisotopic (exact) mass is 239 g/mol. The van der Waals surface area contributed by atoms with Crippen LogP contribution in [0.5, 0.6) is 5.75 Å². The number of benzene rings is 1. The van der Waals surface area contributed by atoms with Crippen molar-refractivity contribution in [2.45, 2.75) is 32.9 Å². The van der Waals surface area contributed by atoms with E-state index < -0.39 is 6.61 Å². The van der Waals surface area contributed by atoms with Crippen LogP contribution >= 0.6 is 0 Å². The van der Waals surface area contributed by atoms with Crippen LogP contribution in [0.1, 0.15) is 26.3 Å². The van der Waals surface area contributed by atoms with Crippen molar-refractivity contribution in [1.29, 1.82) is 0 Å². The maximum absolute atomic E-state index is 12.3. The molecule has 0 saturated heterocycles. The quantitative estimate of drug-likeness (QED) is 0.845. The Bertz CT molecular complexity index is 466. The van der Waals surface area contributed by atoms with E-state index in [0.29, 0.717) is 5.69 Å². The van der Waals surface area contributed by atoms with E-state index in [1.54, 1.807) is 12.1 Å². The van der Waals surface area contributed by atoms with Crippen molar-refractivity contribution >= 4 is 11.3 Å². The zero-order valence-corrected chi connectivity index (χ0v) is 10.1. The van der Waals surface area contributed by atoms with Gasteiger partial charge >= 0.3 is 6.61 Å². The highest BCUT2D eigenvalue weighted by Crippen LogP contribution is 2.40. The molecule has 0 atom stereocenters. The normalized spacial score (nSPS) is 17.2. The Morgan fingerprint density at radius 2 is 2.00 bits per heavy atom. The third kappa shape index (κ3) is 2.40. The molecule has 0 bridgehead atoms. The Morgan fingerprint density at radius 3 is 2.65 bits per heavy atom. The summed E-state index contributed by atoms with van der Waals surface area (Å²) in [7, 11) is 0. The van der Waals surface area contributed by atoms with Crippen LogP contribution in [0.3, 0.4) is 0 Å². The number of hydrogen-bond acceptors (Lipinski definition) is 2. The van der Waals surface area contributed by atoms with E-state index in [1.165, 1.54) is 0 Å². The molecular formula is C13H15F2NO. The van der Waals surface area contributed by atoms with Crippen molar-refractivity contribution in [2.24, 2.45) is 0 Å². The highest BCUT2D eigenvalue weighted by atomic mass is 19.3. The number of hydrogen-bond donors (Lipinski definition) is 1. The molecule has 2 rings (SSSR count). The third-order valence-corrected chi connectivity index (χ3v) is 2.69. The average molecular weight is 239 g/mol. The maximum Gasteiger partial charge on any atom is 0.387 e. The van der Waals surface area contributed by atoms with E-state index >= 15 is 0 Å². The molecule has 92 valence electrons. The summed E-state index contributed by atoms with van der Waals surface area (Å²) in [4.78, 5) is 0. The summed E-state index contributed by atoms with van der Waals surface area (Å²) in [5, 5.41) is 3.21. The molecule has 1 heterocycles. The predicted octanol–water partition coefficient (Wildman–Crippen LogP) is 3.90. The smallest absolute Gasteiger partial charge is 0.387 e. The number of alkyl halides is 2. The molecule has 1 N–H and O–H groups in total. The number of fused-ring (bicyclic) bond motifs is 1. The van der Waals surface area contributed by atoms with Gasteiger partial charge < -0.3 is 10.1 Å². The molecule has 0 saturated carbocycles. The van der Waals surface area contributed by atoms with Gasteiger partial charge in [0.15, 0.2) is 0 Å². The number of allylic oxidation sites excluding steroid dienone is 1. The maximum atomic E-state index is 12.3. The molecule has 1 aromatic rings. The number of para-hydroxylation sites is 1. The summed E-state index contributed by atoms with van der Waals surface area (Å²) < 4.78 is 29.2. The summed E-state index contributed by atoms with van der Waals surface area (Å²) in [6.07, 6.45) is 2.07. The van der Waals surface area contributed by atoms with Crippen LogP contribution in [0.25, 0.3) is 5.57 Å². The molecule has 1 aromatic carbocycles. The zero-order valence-electron chi connectivity index (χ0n) is 10.1. The van der Waals surface area contributed by atoms with Gasteiger partial charge in [0.1, 0.15) is 5.75 Å². The van der Waals surface area contributed by atoms with Crippen LogP contribution in [-0.4, -0.2) is 12.2 Å². The van der Waals surface area contributed by atoms with Crippen LogP contribution in [0.2, 0.25) is 0 Å². The first-order chi connectivity index (χ1) is 7.89. The van der Waals surface area contributed by atoms with E-state index in [-0.39, 0.29) is 11.3 Å². The molecule has 0 amide bonds. The second kappa shape index (κ2) is 4.02. The summed E-state index contributed by atoms with van der Waals surface area (Å²) in [6.45, 7) is 3.13. The average Bonchev–Trinajstić information content (AvgIpc) is 2.17. The van der Waals surface area contributed by atoms with Gasteiger partial charge in [-0.2, -0.15) is 8.78 Å². The fourth-order valence-electron chi connectivity index (χ4n) is 2.16. The molecule has 4 heteroatoms. The summed E-state index contributed by atoms with van der Waals surface area (Å²) in [5.74, 6) is 0.193. The second-order valence-corrected chi connectivity index (χ2v) is 4.73. The molecule has 0 aliphatic carbocycles. The van der Waals surface area contributed by atoms with Crippen molar-refractivity contribution in [3.8, 4) is 5.75 Å². The summed E-state index contributed by atoms with van der Waals surface area (Å²) in [6, 6.07) is 5.16. The van der Waals surface area contributed by atoms with Crippen LogP contribution in [-0.2, 0) is 0 Å². The molecule has 0 spiro atoms. The minimum atomic E-state index is -2.81. The SMILES string of the molecule is CC1=CC(C)(C)Nc2c(OC(F)F)cccc21. The number of rotatable bonds is 2. The fourth-order valence-corrected chi connectivity index (χ4v) is 2.16. The van der Waals surface area contributed by atoms with Crippen molar-refractivity contribution in [3.63, 3.8) is 0 Å². The van der Waals surface area contributed by atoms with E-state index in [0.717, 1.165) is 11.1 Å². The van der Waals surface area contributed by atoms with Gasteiger partial charge in [-0.3, -0.25) is 0 Å². The number of anilines is 1. The fraction of sp³-hybridized carbons (Fsp3) is 0.385. The largest absolute Gasteiger partial charge is 0.433 e. The Morgan fingerprint density at radius 1 is 1.29 bits per heavy atom. The first kappa shape index (κ1) is 11.9. The van der Waals surface area contributed by atoms with Gasteiger partial charge in [0.25, 0.3) is 0 Å². The molecule has 0 aromatic heterocycles. The van der Waals surface area contributed by atoms with E-state index in [9.17, 15) is 8.78 Å². The van der Waals surface area contributed by atoms with E-state index in [4.69, 9.17) is 0 Å². The zero-order chi connectivity index (χ0) is 12.6. The minimum Gasteiger partial charge on any atom is -0.433 e. The first-order valence-corrected chi connectivity index (χ1v) is 5.45. The van der Waals surface area contributed by atoms with Crippen LogP contribution in [0.15, 0.2) is 24.3 Å².